The molecule has 0 atom stereocenters. The number of carbonyl (C=O) groups is 2. The van der Waals surface area contributed by atoms with Gasteiger partial charge in [0.25, 0.3) is 0 Å². The zero-order valence-corrected chi connectivity index (χ0v) is 22.1. The lowest BCUT2D eigenvalue weighted by atomic mass is 10.3. The average Bonchev–Trinajstić information content (AvgIpc) is 2.90. The van der Waals surface area contributed by atoms with Crippen molar-refractivity contribution < 1.29 is 38.0 Å². The molecule has 0 bridgehead atoms. The van der Waals surface area contributed by atoms with Crippen LogP contribution >= 0.6 is 11.8 Å². The third kappa shape index (κ3) is 14.2. The second-order valence-electron chi connectivity index (χ2n) is 7.30. The van der Waals surface area contributed by atoms with Crippen LogP contribution in [0.2, 0.25) is 0 Å². The minimum Gasteiger partial charge on any atom is -0.491 e. The largest absolute Gasteiger partial charge is 0.491 e. The van der Waals surface area contributed by atoms with Crippen molar-refractivity contribution in [3.8, 4) is 11.5 Å². The molecule has 0 saturated heterocycles. The van der Waals surface area contributed by atoms with Gasteiger partial charge in [0.05, 0.1) is 26.4 Å². The summed E-state index contributed by atoms with van der Waals surface area (Å²) in [5, 5.41) is 0. The normalized spacial score (nSPS) is 11.1. The van der Waals surface area contributed by atoms with Crippen LogP contribution in [0.3, 0.4) is 0 Å². The Morgan fingerprint density at radius 3 is 1.35 bits per heavy atom. The smallest absolute Gasteiger partial charge is 0.330 e. The van der Waals surface area contributed by atoms with E-state index in [0.717, 1.165) is 21.3 Å². The van der Waals surface area contributed by atoms with Gasteiger partial charge in [-0.15, -0.1) is 0 Å². The molecule has 0 N–H and O–H groups in total. The van der Waals surface area contributed by atoms with Gasteiger partial charge in [-0.25, -0.2) is 9.59 Å². The van der Waals surface area contributed by atoms with E-state index in [1.807, 2.05) is 48.5 Å². The third-order valence-corrected chi connectivity index (χ3v) is 5.44. The summed E-state index contributed by atoms with van der Waals surface area (Å²) in [6.45, 7) is 6.24. The first-order valence-electron chi connectivity index (χ1n) is 12.0. The van der Waals surface area contributed by atoms with Gasteiger partial charge in [-0.1, -0.05) is 23.9 Å². The SMILES string of the molecule is CC=CC(=O)OCCOCCOc1ccc(Sc2ccc(OCCOCCOC(=O)C=CC)cc2)cc1. The van der Waals surface area contributed by atoms with E-state index in [2.05, 4.69) is 0 Å². The van der Waals surface area contributed by atoms with Gasteiger partial charge in [-0.3, -0.25) is 0 Å². The second-order valence-corrected chi connectivity index (χ2v) is 8.45. The topological polar surface area (TPSA) is 89.5 Å². The van der Waals surface area contributed by atoms with Crippen LogP contribution in [0.15, 0.2) is 82.6 Å². The van der Waals surface area contributed by atoms with Gasteiger partial charge in [0.1, 0.15) is 37.9 Å². The van der Waals surface area contributed by atoms with Gasteiger partial charge in [-0.2, -0.15) is 0 Å². The van der Waals surface area contributed by atoms with Crippen LogP contribution in [0.4, 0.5) is 0 Å². The van der Waals surface area contributed by atoms with E-state index in [0.29, 0.717) is 39.6 Å². The number of benzene rings is 2. The minimum atomic E-state index is -0.371. The molecule has 0 radical (unpaired) electrons. The maximum atomic E-state index is 11.2. The van der Waals surface area contributed by atoms with Crippen LogP contribution in [0.25, 0.3) is 0 Å². The number of rotatable bonds is 18. The van der Waals surface area contributed by atoms with Crippen LogP contribution in [-0.2, 0) is 28.5 Å². The molecule has 2 aromatic carbocycles. The molecule has 37 heavy (non-hydrogen) atoms. The fourth-order valence-corrected chi connectivity index (χ4v) is 3.57. The number of carbonyl (C=O) groups excluding carboxylic acids is 2. The fraction of sp³-hybridized carbons (Fsp3) is 0.357. The quantitative estimate of drug-likeness (QED) is 0.152. The Bertz CT molecular complexity index is 891. The number of esters is 2. The molecule has 0 aliphatic heterocycles. The minimum absolute atomic E-state index is 0.216. The Labute approximate surface area is 222 Å². The highest BCUT2D eigenvalue weighted by Gasteiger charge is 2.02. The molecule has 9 heteroatoms. The highest BCUT2D eigenvalue weighted by molar-refractivity contribution is 7.99. The zero-order valence-electron chi connectivity index (χ0n) is 21.3. The summed E-state index contributed by atoms with van der Waals surface area (Å²) in [5.41, 5.74) is 0. The van der Waals surface area contributed by atoms with Gasteiger partial charge >= 0.3 is 11.9 Å². The van der Waals surface area contributed by atoms with E-state index in [-0.39, 0.29) is 25.2 Å². The van der Waals surface area contributed by atoms with Crippen molar-refractivity contribution in [1.82, 2.24) is 0 Å². The molecule has 0 heterocycles. The maximum Gasteiger partial charge on any atom is 0.330 e. The van der Waals surface area contributed by atoms with Crippen LogP contribution in [0.5, 0.6) is 11.5 Å². The Morgan fingerprint density at radius 2 is 0.973 bits per heavy atom. The van der Waals surface area contributed by atoms with E-state index in [9.17, 15) is 9.59 Å². The predicted octanol–water partition coefficient (Wildman–Crippen LogP) is 4.87. The Morgan fingerprint density at radius 1 is 0.595 bits per heavy atom. The molecule has 0 aromatic heterocycles. The van der Waals surface area contributed by atoms with Crippen LogP contribution < -0.4 is 9.47 Å². The summed E-state index contributed by atoms with van der Waals surface area (Å²) in [6, 6.07) is 15.7. The molecule has 200 valence electrons. The monoisotopic (exact) mass is 530 g/mol. The van der Waals surface area contributed by atoms with Crippen LogP contribution in [0.1, 0.15) is 13.8 Å². The highest BCUT2D eigenvalue weighted by Crippen LogP contribution is 2.30. The summed E-state index contributed by atoms with van der Waals surface area (Å²) < 4.78 is 32.0. The van der Waals surface area contributed by atoms with E-state index in [1.54, 1.807) is 37.8 Å². The first kappa shape index (κ1) is 30.0. The van der Waals surface area contributed by atoms with Crippen molar-refractivity contribution >= 4 is 23.7 Å². The molecule has 0 aliphatic rings. The first-order valence-corrected chi connectivity index (χ1v) is 12.8. The predicted molar refractivity (Wildman–Crippen MR) is 141 cm³/mol. The summed E-state index contributed by atoms with van der Waals surface area (Å²) in [5.74, 6) is 0.776. The lowest BCUT2D eigenvalue weighted by Gasteiger charge is -2.09. The lowest BCUT2D eigenvalue weighted by molar-refractivity contribution is -0.140. The Hall–Kier alpha value is -3.27. The molecule has 8 nitrogen and oxygen atoms in total. The number of hydrogen-bond acceptors (Lipinski definition) is 9. The van der Waals surface area contributed by atoms with Crippen molar-refractivity contribution in [2.45, 2.75) is 23.6 Å². The Kier molecular flexibility index (Phi) is 15.3. The first-order chi connectivity index (χ1) is 18.1. The van der Waals surface area contributed by atoms with Crippen molar-refractivity contribution in [1.29, 1.82) is 0 Å². The van der Waals surface area contributed by atoms with E-state index in [1.165, 1.54) is 12.2 Å². The van der Waals surface area contributed by atoms with Gasteiger partial charge in [0.15, 0.2) is 0 Å². The number of hydrogen-bond donors (Lipinski definition) is 0. The van der Waals surface area contributed by atoms with Gasteiger partial charge in [-0.05, 0) is 62.4 Å². The highest BCUT2D eigenvalue weighted by atomic mass is 32.2. The molecule has 0 spiro atoms. The summed E-state index contributed by atoms with van der Waals surface area (Å²) in [7, 11) is 0. The molecular formula is C28H34O8S. The van der Waals surface area contributed by atoms with Crippen molar-refractivity contribution in [2.24, 2.45) is 0 Å². The van der Waals surface area contributed by atoms with Gasteiger partial charge < -0.3 is 28.4 Å². The summed E-state index contributed by atoms with van der Waals surface area (Å²) in [6.07, 6.45) is 5.99. The molecule has 2 rings (SSSR count). The molecule has 0 saturated carbocycles. The van der Waals surface area contributed by atoms with E-state index in [4.69, 9.17) is 28.4 Å². The van der Waals surface area contributed by atoms with Crippen LogP contribution in [0, 0.1) is 0 Å². The standard InChI is InChI=1S/C28H34O8S/c1-3-5-27(29)35-21-17-31-15-19-33-23-7-11-25(12-8-23)37-26-13-9-24(10-14-26)34-20-16-32-18-22-36-28(30)6-4-2/h3-14H,15-22H2,1-2H3. The summed E-state index contributed by atoms with van der Waals surface area (Å²) in [4.78, 5) is 24.5. The van der Waals surface area contributed by atoms with Gasteiger partial charge in [0, 0.05) is 21.9 Å². The zero-order chi connectivity index (χ0) is 26.6. The second kappa shape index (κ2) is 18.9. The third-order valence-electron chi connectivity index (χ3n) is 4.43. The van der Waals surface area contributed by atoms with Crippen molar-refractivity contribution in [3.63, 3.8) is 0 Å². The van der Waals surface area contributed by atoms with Gasteiger partial charge in [0.2, 0.25) is 0 Å². The molecule has 0 unspecified atom stereocenters. The maximum absolute atomic E-state index is 11.2. The summed E-state index contributed by atoms with van der Waals surface area (Å²) >= 11 is 1.64. The fourth-order valence-electron chi connectivity index (χ4n) is 2.76. The molecule has 2 aromatic rings. The van der Waals surface area contributed by atoms with Crippen molar-refractivity contribution in [3.05, 3.63) is 72.8 Å². The van der Waals surface area contributed by atoms with Crippen molar-refractivity contribution in [2.75, 3.05) is 52.9 Å². The Balaban J connectivity index is 1.57. The lowest BCUT2D eigenvalue weighted by Crippen LogP contribution is -2.12. The number of allylic oxidation sites excluding steroid dienone is 2. The molecular weight excluding hydrogens is 496 g/mol. The van der Waals surface area contributed by atoms with Crippen LogP contribution in [-0.4, -0.2) is 64.8 Å². The average molecular weight is 531 g/mol. The van der Waals surface area contributed by atoms with E-state index >= 15 is 0 Å². The molecule has 0 aliphatic carbocycles. The number of ether oxygens (including phenoxy) is 6. The molecule has 0 fully saturated rings. The van der Waals surface area contributed by atoms with E-state index < -0.39 is 0 Å². The molecule has 0 amide bonds.